The van der Waals surface area contributed by atoms with Crippen molar-refractivity contribution in [3.63, 3.8) is 0 Å². The molecule has 4 heteroatoms. The molecule has 1 N–H and O–H groups in total. The predicted molar refractivity (Wildman–Crippen MR) is 95.9 cm³/mol. The molecule has 1 saturated heterocycles. The van der Waals surface area contributed by atoms with Crippen LogP contribution in [0.4, 0.5) is 5.69 Å². The highest BCUT2D eigenvalue weighted by Crippen LogP contribution is 2.34. The molecule has 1 aromatic rings. The van der Waals surface area contributed by atoms with E-state index in [1.54, 1.807) is 6.08 Å². The molecule has 0 atom stereocenters. The van der Waals surface area contributed by atoms with E-state index in [4.69, 9.17) is 0 Å². The Hall–Kier alpha value is -2.10. The summed E-state index contributed by atoms with van der Waals surface area (Å²) in [6.07, 6.45) is 6.58. The van der Waals surface area contributed by atoms with Gasteiger partial charge in [-0.1, -0.05) is 13.8 Å². The van der Waals surface area contributed by atoms with Crippen molar-refractivity contribution in [2.24, 2.45) is 5.41 Å². The molecular formula is C20H26N2O2. The van der Waals surface area contributed by atoms with Crippen LogP contribution < -0.4 is 5.32 Å². The molecular weight excluding hydrogens is 300 g/mol. The lowest BCUT2D eigenvalue weighted by Crippen LogP contribution is -2.35. The summed E-state index contributed by atoms with van der Waals surface area (Å²) in [5, 5.41) is 3.33. The molecule has 1 fully saturated rings. The number of amides is 1. The van der Waals surface area contributed by atoms with Gasteiger partial charge in [-0.3, -0.25) is 9.59 Å². The van der Waals surface area contributed by atoms with Gasteiger partial charge in [0, 0.05) is 42.5 Å². The fourth-order valence-electron chi connectivity index (χ4n) is 3.59. The first kappa shape index (κ1) is 16.7. The third kappa shape index (κ3) is 4.05. The molecule has 0 unspecified atom stereocenters. The maximum Gasteiger partial charge on any atom is 0.253 e. The number of nitrogens with zero attached hydrogens (tertiary/aromatic N) is 1. The number of piperidine rings is 1. The zero-order chi connectivity index (χ0) is 17.2. The largest absolute Gasteiger partial charge is 0.359 e. The van der Waals surface area contributed by atoms with Gasteiger partial charge in [0.1, 0.15) is 0 Å². The van der Waals surface area contributed by atoms with E-state index in [0.717, 1.165) is 49.3 Å². The molecule has 0 radical (unpaired) electrons. The number of allylic oxidation sites excluding steroid dienone is 2. The lowest BCUT2D eigenvalue weighted by atomic mass is 9.79. The molecule has 1 aliphatic carbocycles. The summed E-state index contributed by atoms with van der Waals surface area (Å²) in [5.74, 6) is 0.292. The van der Waals surface area contributed by atoms with Crippen molar-refractivity contribution in [3.8, 4) is 0 Å². The number of benzene rings is 1. The molecule has 128 valence electrons. The van der Waals surface area contributed by atoms with Crippen LogP contribution in [0.2, 0.25) is 0 Å². The summed E-state index contributed by atoms with van der Waals surface area (Å²) in [5.41, 5.74) is 2.60. The highest BCUT2D eigenvalue weighted by Gasteiger charge is 2.27. The molecule has 0 saturated carbocycles. The van der Waals surface area contributed by atoms with E-state index in [9.17, 15) is 9.59 Å². The van der Waals surface area contributed by atoms with Crippen molar-refractivity contribution >= 4 is 17.4 Å². The lowest BCUT2D eigenvalue weighted by molar-refractivity contribution is -0.117. The number of anilines is 1. The first-order valence-corrected chi connectivity index (χ1v) is 8.83. The number of ketones is 1. The molecule has 1 aliphatic heterocycles. The van der Waals surface area contributed by atoms with Crippen molar-refractivity contribution in [3.05, 3.63) is 41.6 Å². The number of hydrogen-bond donors (Lipinski definition) is 1. The minimum atomic E-state index is -0.00165. The first-order chi connectivity index (χ1) is 11.4. The number of carbonyl (C=O) groups excluding carboxylic acids is 2. The molecule has 3 rings (SSSR count). The summed E-state index contributed by atoms with van der Waals surface area (Å²) in [4.78, 5) is 26.3. The third-order valence-electron chi connectivity index (χ3n) is 4.74. The second-order valence-corrected chi connectivity index (χ2v) is 7.71. The van der Waals surface area contributed by atoms with Crippen LogP contribution in [0.1, 0.15) is 56.3 Å². The fourth-order valence-corrected chi connectivity index (χ4v) is 3.59. The highest BCUT2D eigenvalue weighted by atomic mass is 16.2. The molecule has 1 amide bonds. The summed E-state index contributed by atoms with van der Waals surface area (Å²) in [7, 11) is 0. The van der Waals surface area contributed by atoms with E-state index < -0.39 is 0 Å². The van der Waals surface area contributed by atoms with Crippen molar-refractivity contribution in [2.45, 2.75) is 46.0 Å². The van der Waals surface area contributed by atoms with Gasteiger partial charge in [-0.05, 0) is 55.4 Å². The van der Waals surface area contributed by atoms with Gasteiger partial charge in [0.05, 0.1) is 0 Å². The van der Waals surface area contributed by atoms with Crippen LogP contribution >= 0.6 is 0 Å². The highest BCUT2D eigenvalue weighted by molar-refractivity contribution is 5.95. The lowest BCUT2D eigenvalue weighted by Gasteiger charge is -2.29. The van der Waals surface area contributed by atoms with E-state index in [1.165, 1.54) is 6.42 Å². The predicted octanol–water partition coefficient (Wildman–Crippen LogP) is 4.00. The Kier molecular flexibility index (Phi) is 4.74. The van der Waals surface area contributed by atoms with Crippen molar-refractivity contribution in [1.29, 1.82) is 0 Å². The smallest absolute Gasteiger partial charge is 0.253 e. The van der Waals surface area contributed by atoms with Gasteiger partial charge in [0.25, 0.3) is 5.91 Å². The van der Waals surface area contributed by atoms with Gasteiger partial charge < -0.3 is 10.2 Å². The van der Waals surface area contributed by atoms with Gasteiger partial charge >= 0.3 is 0 Å². The van der Waals surface area contributed by atoms with E-state index in [1.807, 2.05) is 29.2 Å². The molecule has 0 bridgehead atoms. The Morgan fingerprint density at radius 3 is 2.33 bits per heavy atom. The van der Waals surface area contributed by atoms with Crippen molar-refractivity contribution in [1.82, 2.24) is 4.90 Å². The van der Waals surface area contributed by atoms with Crippen LogP contribution in [0.5, 0.6) is 0 Å². The Morgan fingerprint density at radius 1 is 1.04 bits per heavy atom. The maximum atomic E-state index is 12.5. The summed E-state index contributed by atoms with van der Waals surface area (Å²) in [6, 6.07) is 7.58. The van der Waals surface area contributed by atoms with E-state index >= 15 is 0 Å². The second-order valence-electron chi connectivity index (χ2n) is 7.71. The van der Waals surface area contributed by atoms with E-state index in [0.29, 0.717) is 6.42 Å². The molecule has 0 aromatic heterocycles. The van der Waals surface area contributed by atoms with E-state index in [-0.39, 0.29) is 17.1 Å². The normalized spacial score (nSPS) is 20.5. The number of hydrogen-bond acceptors (Lipinski definition) is 3. The molecule has 24 heavy (non-hydrogen) atoms. The topological polar surface area (TPSA) is 49.4 Å². The number of nitrogens with one attached hydrogen (secondary N) is 1. The number of carbonyl (C=O) groups is 2. The summed E-state index contributed by atoms with van der Waals surface area (Å²) < 4.78 is 0. The summed E-state index contributed by atoms with van der Waals surface area (Å²) in [6.45, 7) is 5.95. The Balaban J connectivity index is 1.66. The van der Waals surface area contributed by atoms with Gasteiger partial charge in [0.2, 0.25) is 0 Å². The zero-order valence-electron chi connectivity index (χ0n) is 14.6. The molecule has 1 heterocycles. The molecule has 2 aliphatic rings. The number of likely N-dealkylation sites (tertiary alicyclic amines) is 1. The fraction of sp³-hybridized carbons (Fsp3) is 0.500. The van der Waals surface area contributed by atoms with Gasteiger partial charge in [-0.25, -0.2) is 0 Å². The van der Waals surface area contributed by atoms with E-state index in [2.05, 4.69) is 19.2 Å². The Morgan fingerprint density at radius 2 is 1.71 bits per heavy atom. The Bertz CT molecular complexity index is 653. The van der Waals surface area contributed by atoms with Crippen LogP contribution in [0, 0.1) is 5.41 Å². The van der Waals surface area contributed by atoms with Crippen LogP contribution in [-0.4, -0.2) is 29.7 Å². The monoisotopic (exact) mass is 326 g/mol. The number of rotatable bonds is 3. The van der Waals surface area contributed by atoms with Crippen LogP contribution in [0.3, 0.4) is 0 Å². The average molecular weight is 326 g/mol. The van der Waals surface area contributed by atoms with Crippen LogP contribution in [0.25, 0.3) is 0 Å². The van der Waals surface area contributed by atoms with Crippen molar-refractivity contribution in [2.75, 3.05) is 18.4 Å². The second kappa shape index (κ2) is 6.80. The van der Waals surface area contributed by atoms with Gasteiger partial charge in [-0.15, -0.1) is 0 Å². The quantitative estimate of drug-likeness (QED) is 0.913. The standard InChI is InChI=1S/C20H26N2O2/c1-20(2)13-17(12-18(23)14-20)21-16-8-6-15(7-9-16)19(24)22-10-4-3-5-11-22/h6-9,12,21H,3-5,10-11,13-14H2,1-2H3. The summed E-state index contributed by atoms with van der Waals surface area (Å²) >= 11 is 0. The SMILES string of the molecule is CC1(C)CC(=O)C=C(Nc2ccc(C(=O)N3CCCCC3)cc2)C1. The minimum Gasteiger partial charge on any atom is -0.359 e. The van der Waals surface area contributed by atoms with Gasteiger partial charge in [-0.2, -0.15) is 0 Å². The first-order valence-electron chi connectivity index (χ1n) is 8.83. The maximum absolute atomic E-state index is 12.5. The average Bonchev–Trinajstić information content (AvgIpc) is 2.54. The van der Waals surface area contributed by atoms with Crippen LogP contribution in [0.15, 0.2) is 36.0 Å². The third-order valence-corrected chi connectivity index (χ3v) is 4.74. The molecule has 0 spiro atoms. The Labute approximate surface area is 143 Å². The van der Waals surface area contributed by atoms with Gasteiger partial charge in [0.15, 0.2) is 5.78 Å². The molecule has 4 nitrogen and oxygen atoms in total. The van der Waals surface area contributed by atoms with Crippen LogP contribution in [-0.2, 0) is 4.79 Å². The van der Waals surface area contributed by atoms with Crippen molar-refractivity contribution < 1.29 is 9.59 Å². The zero-order valence-corrected chi connectivity index (χ0v) is 14.6. The minimum absolute atomic E-state index is 0.00165. The molecule has 1 aromatic carbocycles.